The zero-order chi connectivity index (χ0) is 11.7. The number of aliphatic carboxylic acids is 1. The number of amides is 1. The Bertz CT molecular complexity index is 207. The summed E-state index contributed by atoms with van der Waals surface area (Å²) in [6, 6.07) is 0. The highest BCUT2D eigenvalue weighted by molar-refractivity contribution is 5.76. The minimum Gasteiger partial charge on any atom is -0.481 e. The molecule has 1 atom stereocenters. The van der Waals surface area contributed by atoms with Crippen molar-refractivity contribution >= 4 is 11.9 Å². The maximum atomic E-state index is 11.2. The standard InChI is InChI=1S/C10H20N2O3/c1-8(10(14)15)5-7-12-9(13)4-3-6-11-2/h8,11H,3-7H2,1-2H3,(H,12,13)(H,14,15). The molecule has 0 spiro atoms. The molecule has 3 N–H and O–H groups in total. The molecule has 0 bridgehead atoms. The van der Waals surface area contributed by atoms with Crippen LogP contribution in [0.15, 0.2) is 0 Å². The third-order valence-electron chi connectivity index (χ3n) is 2.15. The lowest BCUT2D eigenvalue weighted by atomic mass is 10.1. The van der Waals surface area contributed by atoms with Gasteiger partial charge in [0.2, 0.25) is 5.91 Å². The molecular weight excluding hydrogens is 196 g/mol. The summed E-state index contributed by atoms with van der Waals surface area (Å²) < 4.78 is 0. The van der Waals surface area contributed by atoms with E-state index >= 15 is 0 Å². The van der Waals surface area contributed by atoms with Crippen molar-refractivity contribution in [2.24, 2.45) is 5.92 Å². The number of nitrogens with one attached hydrogen (secondary N) is 2. The summed E-state index contributed by atoms with van der Waals surface area (Å²) in [4.78, 5) is 21.6. The van der Waals surface area contributed by atoms with E-state index in [0.717, 1.165) is 13.0 Å². The molecular formula is C10H20N2O3. The zero-order valence-corrected chi connectivity index (χ0v) is 9.38. The predicted octanol–water partition coefficient (Wildman–Crippen LogP) is 0.213. The summed E-state index contributed by atoms with van der Waals surface area (Å²) in [6.07, 6.45) is 1.77. The van der Waals surface area contributed by atoms with Crippen LogP contribution in [0.3, 0.4) is 0 Å². The van der Waals surface area contributed by atoms with E-state index in [9.17, 15) is 9.59 Å². The minimum atomic E-state index is -0.820. The number of rotatable bonds is 8. The molecule has 0 aliphatic rings. The van der Waals surface area contributed by atoms with Crippen LogP contribution in [0.5, 0.6) is 0 Å². The van der Waals surface area contributed by atoms with Crippen molar-refractivity contribution in [3.8, 4) is 0 Å². The number of hydrogen-bond donors (Lipinski definition) is 3. The first-order valence-corrected chi connectivity index (χ1v) is 5.22. The lowest BCUT2D eigenvalue weighted by molar-refractivity contribution is -0.141. The average molecular weight is 216 g/mol. The molecule has 0 aromatic rings. The predicted molar refractivity (Wildman–Crippen MR) is 57.6 cm³/mol. The van der Waals surface area contributed by atoms with Gasteiger partial charge in [-0.2, -0.15) is 0 Å². The Hall–Kier alpha value is -1.10. The summed E-state index contributed by atoms with van der Waals surface area (Å²) in [7, 11) is 1.84. The number of carbonyl (C=O) groups is 2. The first-order valence-electron chi connectivity index (χ1n) is 5.22. The van der Waals surface area contributed by atoms with Crippen LogP contribution >= 0.6 is 0 Å². The average Bonchev–Trinajstić information content (AvgIpc) is 2.18. The molecule has 15 heavy (non-hydrogen) atoms. The molecule has 0 aliphatic carbocycles. The van der Waals surface area contributed by atoms with Crippen LogP contribution in [0.1, 0.15) is 26.2 Å². The van der Waals surface area contributed by atoms with Gasteiger partial charge in [0.15, 0.2) is 0 Å². The lowest BCUT2D eigenvalue weighted by Gasteiger charge is -2.07. The topological polar surface area (TPSA) is 78.4 Å². The van der Waals surface area contributed by atoms with E-state index in [0.29, 0.717) is 19.4 Å². The first-order chi connectivity index (χ1) is 7.07. The highest BCUT2D eigenvalue weighted by Crippen LogP contribution is 1.99. The summed E-state index contributed by atoms with van der Waals surface area (Å²) in [5.41, 5.74) is 0. The maximum absolute atomic E-state index is 11.2. The molecule has 0 heterocycles. The lowest BCUT2D eigenvalue weighted by Crippen LogP contribution is -2.27. The maximum Gasteiger partial charge on any atom is 0.306 e. The second kappa shape index (κ2) is 8.23. The van der Waals surface area contributed by atoms with Crippen LogP contribution in [-0.4, -0.2) is 37.1 Å². The molecule has 1 unspecified atom stereocenters. The van der Waals surface area contributed by atoms with Crippen molar-refractivity contribution in [1.82, 2.24) is 10.6 Å². The van der Waals surface area contributed by atoms with Crippen LogP contribution in [0.4, 0.5) is 0 Å². The van der Waals surface area contributed by atoms with Gasteiger partial charge in [0, 0.05) is 13.0 Å². The van der Waals surface area contributed by atoms with Crippen molar-refractivity contribution in [2.45, 2.75) is 26.2 Å². The Morgan fingerprint density at radius 1 is 1.33 bits per heavy atom. The van der Waals surface area contributed by atoms with Crippen molar-refractivity contribution in [1.29, 1.82) is 0 Å². The molecule has 0 aromatic carbocycles. The van der Waals surface area contributed by atoms with Crippen LogP contribution in [0, 0.1) is 5.92 Å². The van der Waals surface area contributed by atoms with Gasteiger partial charge < -0.3 is 15.7 Å². The summed E-state index contributed by atoms with van der Waals surface area (Å²) in [6.45, 7) is 2.89. The van der Waals surface area contributed by atoms with Crippen LogP contribution in [-0.2, 0) is 9.59 Å². The second-order valence-electron chi connectivity index (χ2n) is 3.59. The van der Waals surface area contributed by atoms with Gasteiger partial charge in [-0.05, 0) is 26.4 Å². The largest absolute Gasteiger partial charge is 0.481 e. The fourth-order valence-electron chi connectivity index (χ4n) is 1.07. The van der Waals surface area contributed by atoms with Gasteiger partial charge in [-0.15, -0.1) is 0 Å². The van der Waals surface area contributed by atoms with E-state index < -0.39 is 11.9 Å². The van der Waals surface area contributed by atoms with E-state index in [-0.39, 0.29) is 5.91 Å². The quantitative estimate of drug-likeness (QED) is 0.507. The fraction of sp³-hybridized carbons (Fsp3) is 0.800. The number of carboxylic acid groups (broad SMARTS) is 1. The van der Waals surface area contributed by atoms with E-state index in [1.807, 2.05) is 7.05 Å². The van der Waals surface area contributed by atoms with Crippen LogP contribution < -0.4 is 10.6 Å². The van der Waals surface area contributed by atoms with Gasteiger partial charge in [0.05, 0.1) is 5.92 Å². The Morgan fingerprint density at radius 2 is 2.00 bits per heavy atom. The third kappa shape index (κ3) is 7.93. The van der Waals surface area contributed by atoms with Gasteiger partial charge in [0.1, 0.15) is 0 Å². The molecule has 0 radical (unpaired) electrons. The van der Waals surface area contributed by atoms with Gasteiger partial charge >= 0.3 is 5.97 Å². The Balaban J connectivity index is 3.42. The summed E-state index contributed by atoms with van der Waals surface area (Å²) >= 11 is 0. The molecule has 1 amide bonds. The number of carbonyl (C=O) groups excluding carboxylic acids is 1. The van der Waals surface area contributed by atoms with Crippen molar-refractivity contribution < 1.29 is 14.7 Å². The Kier molecular flexibility index (Phi) is 7.62. The third-order valence-corrected chi connectivity index (χ3v) is 2.15. The van der Waals surface area contributed by atoms with Crippen molar-refractivity contribution in [3.05, 3.63) is 0 Å². The van der Waals surface area contributed by atoms with E-state index in [1.165, 1.54) is 0 Å². The molecule has 88 valence electrons. The van der Waals surface area contributed by atoms with Gasteiger partial charge in [-0.1, -0.05) is 6.92 Å². The molecule has 5 nitrogen and oxygen atoms in total. The Morgan fingerprint density at radius 3 is 2.53 bits per heavy atom. The molecule has 0 rings (SSSR count). The SMILES string of the molecule is CNCCCC(=O)NCCC(C)C(=O)O. The zero-order valence-electron chi connectivity index (χ0n) is 9.38. The monoisotopic (exact) mass is 216 g/mol. The first kappa shape index (κ1) is 13.9. The molecule has 0 fully saturated rings. The Labute approximate surface area is 90.2 Å². The molecule has 5 heteroatoms. The second-order valence-corrected chi connectivity index (χ2v) is 3.59. The minimum absolute atomic E-state index is 0.0113. The molecule has 0 saturated heterocycles. The van der Waals surface area contributed by atoms with Gasteiger partial charge in [-0.3, -0.25) is 9.59 Å². The van der Waals surface area contributed by atoms with Crippen LogP contribution in [0.2, 0.25) is 0 Å². The normalized spacial score (nSPS) is 12.1. The molecule has 0 saturated carbocycles. The van der Waals surface area contributed by atoms with E-state index in [4.69, 9.17) is 5.11 Å². The molecule has 0 aromatic heterocycles. The highest BCUT2D eigenvalue weighted by atomic mass is 16.4. The summed E-state index contributed by atoms with van der Waals surface area (Å²) in [5.74, 6) is -1.23. The molecule has 0 aliphatic heterocycles. The van der Waals surface area contributed by atoms with Gasteiger partial charge in [0.25, 0.3) is 0 Å². The fourth-order valence-corrected chi connectivity index (χ4v) is 1.07. The van der Waals surface area contributed by atoms with E-state index in [1.54, 1.807) is 6.92 Å². The van der Waals surface area contributed by atoms with E-state index in [2.05, 4.69) is 10.6 Å². The highest BCUT2D eigenvalue weighted by Gasteiger charge is 2.10. The summed E-state index contributed by atoms with van der Waals surface area (Å²) in [5, 5.41) is 14.3. The van der Waals surface area contributed by atoms with Crippen molar-refractivity contribution in [2.75, 3.05) is 20.1 Å². The smallest absolute Gasteiger partial charge is 0.306 e. The van der Waals surface area contributed by atoms with Gasteiger partial charge in [-0.25, -0.2) is 0 Å². The number of carboxylic acids is 1. The van der Waals surface area contributed by atoms with Crippen LogP contribution in [0.25, 0.3) is 0 Å². The van der Waals surface area contributed by atoms with Crippen molar-refractivity contribution in [3.63, 3.8) is 0 Å². The number of hydrogen-bond acceptors (Lipinski definition) is 3.